The molecular formula is C43H49N3O6. The third kappa shape index (κ3) is 8.85. The van der Waals surface area contributed by atoms with E-state index in [4.69, 9.17) is 24.0 Å². The van der Waals surface area contributed by atoms with E-state index in [-0.39, 0.29) is 5.91 Å². The number of anilines is 3. The smallest absolute Gasteiger partial charge is 0.251 e. The minimum Gasteiger partial charge on any atom is -0.491 e. The molecule has 0 saturated carbocycles. The Morgan fingerprint density at radius 3 is 2.54 bits per heavy atom. The largest absolute Gasteiger partial charge is 0.491 e. The van der Waals surface area contributed by atoms with E-state index < -0.39 is 0 Å². The van der Waals surface area contributed by atoms with Gasteiger partial charge in [0.25, 0.3) is 5.91 Å². The van der Waals surface area contributed by atoms with Crippen LogP contribution in [0.2, 0.25) is 0 Å². The predicted molar refractivity (Wildman–Crippen MR) is 205 cm³/mol. The highest BCUT2D eigenvalue weighted by atomic mass is 17.2. The lowest BCUT2D eigenvalue weighted by Crippen LogP contribution is -2.36. The number of benzene rings is 4. The van der Waals surface area contributed by atoms with E-state index in [0.29, 0.717) is 38.8 Å². The molecule has 52 heavy (non-hydrogen) atoms. The first-order valence-electron chi connectivity index (χ1n) is 18.6. The maximum atomic E-state index is 13.9. The molecule has 1 amide bonds. The Kier molecular flexibility index (Phi) is 11.8. The van der Waals surface area contributed by atoms with Gasteiger partial charge in [0.2, 0.25) is 0 Å². The van der Waals surface area contributed by atoms with Crippen molar-refractivity contribution in [2.45, 2.75) is 58.2 Å². The molecule has 0 bridgehead atoms. The van der Waals surface area contributed by atoms with Crippen molar-refractivity contribution < 1.29 is 28.8 Å². The summed E-state index contributed by atoms with van der Waals surface area (Å²) in [4.78, 5) is 29.2. The molecule has 0 atom stereocenters. The van der Waals surface area contributed by atoms with E-state index in [1.54, 1.807) is 0 Å². The van der Waals surface area contributed by atoms with Crippen LogP contribution in [0.5, 0.6) is 11.5 Å². The van der Waals surface area contributed by atoms with Crippen molar-refractivity contribution in [1.29, 1.82) is 0 Å². The number of amides is 1. The monoisotopic (exact) mass is 703 g/mol. The number of carbonyl (C=O) groups is 1. The number of hydrogen-bond donors (Lipinski definition) is 1. The molecule has 0 spiro atoms. The van der Waals surface area contributed by atoms with E-state index in [1.807, 2.05) is 42.5 Å². The molecule has 272 valence electrons. The lowest BCUT2D eigenvalue weighted by atomic mass is 10.00. The summed E-state index contributed by atoms with van der Waals surface area (Å²) in [6.07, 6.45) is 6.91. The van der Waals surface area contributed by atoms with Gasteiger partial charge < -0.3 is 29.3 Å². The van der Waals surface area contributed by atoms with E-state index in [1.165, 1.54) is 5.56 Å². The maximum Gasteiger partial charge on any atom is 0.251 e. The summed E-state index contributed by atoms with van der Waals surface area (Å²) in [5, 5.41) is 3.17. The zero-order valence-electron chi connectivity index (χ0n) is 30.3. The third-order valence-corrected chi connectivity index (χ3v) is 10.1. The number of rotatable bonds is 14. The lowest BCUT2D eigenvalue weighted by molar-refractivity contribution is -0.194. The first kappa shape index (κ1) is 35.7. The second-order valence-electron chi connectivity index (χ2n) is 13.7. The predicted octanol–water partition coefficient (Wildman–Crippen LogP) is 8.55. The van der Waals surface area contributed by atoms with Crippen molar-refractivity contribution in [3.05, 3.63) is 107 Å². The van der Waals surface area contributed by atoms with E-state index in [0.717, 1.165) is 108 Å². The van der Waals surface area contributed by atoms with Crippen LogP contribution in [0.15, 0.2) is 90.5 Å². The van der Waals surface area contributed by atoms with Crippen molar-refractivity contribution in [1.82, 2.24) is 4.90 Å². The summed E-state index contributed by atoms with van der Waals surface area (Å²) >= 11 is 0. The second-order valence-corrected chi connectivity index (χ2v) is 13.7. The van der Waals surface area contributed by atoms with Crippen LogP contribution in [0, 0.1) is 0 Å². The number of unbranched alkanes of at least 4 members (excludes halogenated alkanes) is 1. The Labute approximate surface area is 307 Å². The summed E-state index contributed by atoms with van der Waals surface area (Å²) < 4.78 is 17.1. The van der Waals surface area contributed by atoms with Crippen LogP contribution in [0.4, 0.5) is 17.1 Å². The number of nitrogens with one attached hydrogen (secondary N) is 1. The highest BCUT2D eigenvalue weighted by Gasteiger charge is 2.24. The molecule has 3 heterocycles. The fraction of sp³-hybridized carbons (Fsp3) is 0.372. The average molecular weight is 704 g/mol. The van der Waals surface area contributed by atoms with Crippen LogP contribution in [-0.4, -0.2) is 63.5 Å². The Balaban J connectivity index is 1.08. The van der Waals surface area contributed by atoms with Crippen LogP contribution < -0.4 is 19.8 Å². The van der Waals surface area contributed by atoms with Crippen molar-refractivity contribution in [3.63, 3.8) is 0 Å². The molecule has 3 aliphatic rings. The normalized spacial score (nSPS) is 15.8. The van der Waals surface area contributed by atoms with Crippen molar-refractivity contribution in [3.8, 4) is 22.6 Å². The van der Waals surface area contributed by atoms with Crippen molar-refractivity contribution >= 4 is 29.0 Å². The molecule has 3 aliphatic heterocycles. The van der Waals surface area contributed by atoms with Crippen LogP contribution in [0.25, 0.3) is 17.2 Å². The van der Waals surface area contributed by atoms with Gasteiger partial charge in [0.15, 0.2) is 5.75 Å². The Morgan fingerprint density at radius 1 is 0.923 bits per heavy atom. The number of hydrogen-bond acceptors (Lipinski definition) is 8. The van der Waals surface area contributed by atoms with Crippen LogP contribution in [0.3, 0.4) is 0 Å². The number of carbonyl (C=O) groups excluding carboxylic acids is 1. The summed E-state index contributed by atoms with van der Waals surface area (Å²) in [6, 6.07) is 29.5. The molecule has 7 rings (SSSR count). The van der Waals surface area contributed by atoms with Crippen LogP contribution >= 0.6 is 0 Å². The minimum atomic E-state index is -0.101. The molecule has 4 aromatic rings. The molecule has 1 N–H and O–H groups in total. The van der Waals surface area contributed by atoms with Gasteiger partial charge >= 0.3 is 0 Å². The average Bonchev–Trinajstić information content (AvgIpc) is 3.57. The lowest BCUT2D eigenvalue weighted by Gasteiger charge is -2.31. The van der Waals surface area contributed by atoms with Gasteiger partial charge in [-0.1, -0.05) is 49.7 Å². The summed E-state index contributed by atoms with van der Waals surface area (Å²) in [7, 11) is 2.18. The summed E-state index contributed by atoms with van der Waals surface area (Å²) in [5.74, 6) is 1.43. The Morgan fingerprint density at radius 2 is 1.73 bits per heavy atom. The van der Waals surface area contributed by atoms with Gasteiger partial charge in [-0.2, -0.15) is 4.89 Å². The molecule has 9 nitrogen and oxygen atoms in total. The Hall–Kier alpha value is -4.67. The van der Waals surface area contributed by atoms with Crippen LogP contribution in [0.1, 0.15) is 55.7 Å². The first-order valence-corrected chi connectivity index (χ1v) is 18.6. The SMILES string of the molecule is CCCCOCCOc1ccc(-c2ccc3c(c2)C=C(C(=O)Nc2ccc(CN(C)C4CCOCC4)cc2)CCN3c2ccc3c(c2)OOC3)cc1. The molecule has 9 heteroatoms. The molecule has 0 aromatic heterocycles. The summed E-state index contributed by atoms with van der Waals surface area (Å²) in [6.45, 7) is 7.60. The van der Waals surface area contributed by atoms with E-state index >= 15 is 0 Å². The first-order chi connectivity index (χ1) is 25.5. The van der Waals surface area contributed by atoms with Crippen molar-refractivity contribution in [2.75, 3.05) is 56.8 Å². The van der Waals surface area contributed by atoms with Gasteiger partial charge in [0.05, 0.1) is 6.61 Å². The molecule has 1 fully saturated rings. The molecule has 0 radical (unpaired) electrons. The quantitative estimate of drug-likeness (QED) is 0.103. The maximum absolute atomic E-state index is 13.9. The topological polar surface area (TPSA) is 81.7 Å². The number of nitrogens with zero attached hydrogens (tertiary/aromatic N) is 2. The fourth-order valence-corrected chi connectivity index (χ4v) is 6.98. The minimum absolute atomic E-state index is 0.101. The van der Waals surface area contributed by atoms with Gasteiger partial charge in [-0.05, 0) is 104 Å². The number of fused-ring (bicyclic) bond motifs is 2. The molecule has 4 aromatic carbocycles. The second kappa shape index (κ2) is 17.2. The van der Waals surface area contributed by atoms with Crippen molar-refractivity contribution in [2.24, 2.45) is 0 Å². The molecule has 1 saturated heterocycles. The number of ether oxygens (including phenoxy) is 3. The van der Waals surface area contributed by atoms with E-state index in [2.05, 4.69) is 77.6 Å². The molecular weight excluding hydrogens is 654 g/mol. The van der Waals surface area contributed by atoms with Gasteiger partial charge in [0.1, 0.15) is 19.0 Å². The van der Waals surface area contributed by atoms with Gasteiger partial charge in [-0.15, -0.1) is 0 Å². The Bertz CT molecular complexity index is 1840. The van der Waals surface area contributed by atoms with Gasteiger partial charge in [-0.3, -0.25) is 9.69 Å². The van der Waals surface area contributed by atoms with Gasteiger partial charge in [-0.25, -0.2) is 0 Å². The fourth-order valence-electron chi connectivity index (χ4n) is 6.98. The van der Waals surface area contributed by atoms with E-state index in [9.17, 15) is 4.79 Å². The zero-order chi connectivity index (χ0) is 35.7. The van der Waals surface area contributed by atoms with Gasteiger partial charge in [0, 0.05) is 73.2 Å². The zero-order valence-corrected chi connectivity index (χ0v) is 30.3. The third-order valence-electron chi connectivity index (χ3n) is 10.1. The standard InChI is InChI=1S/C43H49N3O6/c1-3-4-21-48-24-25-50-40-14-8-32(9-15-40)33-10-16-41-36(26-33)27-34(17-20-46(41)39-13-7-35-30-51-52-42(35)28-39)43(47)44-37-11-5-31(6-12-37)29-45(2)38-18-22-49-23-19-38/h5-16,26-28,38H,3-4,17-25,29-30H2,1-2H3,(H,44,47). The van der Waals surface area contributed by atoms with Crippen LogP contribution in [-0.2, 0) is 32.3 Å². The molecule has 0 unspecified atom stereocenters. The highest BCUT2D eigenvalue weighted by Crippen LogP contribution is 2.39. The molecule has 0 aliphatic carbocycles. The summed E-state index contributed by atoms with van der Waals surface area (Å²) in [5.41, 5.74) is 8.82. The highest BCUT2D eigenvalue weighted by molar-refractivity contribution is 6.07.